The van der Waals surface area contributed by atoms with Gasteiger partial charge >= 0.3 is 0 Å². The second-order valence-corrected chi connectivity index (χ2v) is 7.50. The van der Waals surface area contributed by atoms with Crippen molar-refractivity contribution in [2.45, 2.75) is 19.4 Å². The topological polar surface area (TPSA) is 56.1 Å². The first-order valence-corrected chi connectivity index (χ1v) is 9.92. The second kappa shape index (κ2) is 7.20. The Labute approximate surface area is 169 Å². The molecule has 0 amide bonds. The number of aromatic nitrogens is 4. The zero-order valence-corrected chi connectivity index (χ0v) is 16.6. The number of hydrogen-bond donors (Lipinski definition) is 0. The number of nitrogens with zero attached hydrogens (tertiary/aromatic N) is 5. The maximum atomic E-state index is 6.12. The minimum atomic E-state index is 0.154. The molecule has 3 heterocycles. The van der Waals surface area contributed by atoms with Crippen molar-refractivity contribution in [1.29, 1.82) is 0 Å². The molecule has 2 aromatic heterocycles. The third kappa shape index (κ3) is 3.31. The highest BCUT2D eigenvalue weighted by atomic mass is 16.5. The van der Waals surface area contributed by atoms with E-state index in [0.717, 1.165) is 59.2 Å². The highest BCUT2D eigenvalue weighted by molar-refractivity contribution is 5.93. The second-order valence-electron chi connectivity index (χ2n) is 7.50. The Bertz CT molecular complexity index is 1150. The molecule has 1 saturated heterocycles. The van der Waals surface area contributed by atoms with E-state index in [-0.39, 0.29) is 6.10 Å². The molecule has 0 N–H and O–H groups in total. The van der Waals surface area contributed by atoms with Crippen LogP contribution in [0, 0.1) is 6.92 Å². The molecule has 5 rings (SSSR count). The van der Waals surface area contributed by atoms with Crippen molar-refractivity contribution in [3.05, 3.63) is 66.4 Å². The summed E-state index contributed by atoms with van der Waals surface area (Å²) in [6.07, 6.45) is 1.12. The average Bonchev–Trinajstić information content (AvgIpc) is 3.34. The molecule has 0 saturated carbocycles. The van der Waals surface area contributed by atoms with Gasteiger partial charge in [-0.3, -0.25) is 9.55 Å². The third-order valence-electron chi connectivity index (χ3n) is 5.41. The van der Waals surface area contributed by atoms with Crippen LogP contribution >= 0.6 is 0 Å². The highest BCUT2D eigenvalue weighted by Gasteiger charge is 2.28. The number of anilines is 1. The average molecular weight is 385 g/mol. The van der Waals surface area contributed by atoms with Gasteiger partial charge in [-0.15, -0.1) is 10.2 Å². The maximum absolute atomic E-state index is 6.12. The molecule has 1 fully saturated rings. The number of hydrogen-bond acceptors (Lipinski definition) is 5. The molecule has 1 atom stereocenters. The molecule has 0 aliphatic carbocycles. The van der Waals surface area contributed by atoms with Gasteiger partial charge in [0.25, 0.3) is 0 Å². The summed E-state index contributed by atoms with van der Waals surface area (Å²) in [7, 11) is 2.03. The van der Waals surface area contributed by atoms with Gasteiger partial charge in [0.2, 0.25) is 5.95 Å². The summed E-state index contributed by atoms with van der Waals surface area (Å²) in [5, 5.41) is 10.1. The van der Waals surface area contributed by atoms with Crippen molar-refractivity contribution in [2.24, 2.45) is 7.05 Å². The van der Waals surface area contributed by atoms with Gasteiger partial charge in [-0.25, -0.2) is 0 Å². The molecule has 0 spiro atoms. The summed E-state index contributed by atoms with van der Waals surface area (Å²) < 4.78 is 8.20. The van der Waals surface area contributed by atoms with Crippen LogP contribution in [0.3, 0.4) is 0 Å². The van der Waals surface area contributed by atoms with Gasteiger partial charge in [-0.2, -0.15) is 0 Å². The van der Waals surface area contributed by atoms with Crippen molar-refractivity contribution < 1.29 is 4.74 Å². The van der Waals surface area contributed by atoms with Crippen molar-refractivity contribution in [3.8, 4) is 17.1 Å². The quantitative estimate of drug-likeness (QED) is 0.532. The molecule has 0 bridgehead atoms. The molecule has 0 radical (unpaired) electrons. The van der Waals surface area contributed by atoms with Gasteiger partial charge in [-0.1, -0.05) is 36.4 Å². The maximum Gasteiger partial charge on any atom is 0.227 e. The smallest absolute Gasteiger partial charge is 0.227 e. The number of ether oxygens (including phenoxy) is 1. The predicted octanol–water partition coefficient (Wildman–Crippen LogP) is 4.00. The van der Waals surface area contributed by atoms with Gasteiger partial charge in [0.05, 0.1) is 12.1 Å². The lowest BCUT2D eigenvalue weighted by atomic mass is 10.1. The SMILES string of the molecule is Cc1cc(-c2nnc(N3CC[C@@H](Oc4ccccc4)C3)n2C)c2ccccc2n1. The Morgan fingerprint density at radius 2 is 1.79 bits per heavy atom. The van der Waals surface area contributed by atoms with Crippen LogP contribution in [-0.2, 0) is 7.05 Å². The Morgan fingerprint density at radius 1 is 1.00 bits per heavy atom. The van der Waals surface area contributed by atoms with E-state index in [9.17, 15) is 0 Å². The molecule has 1 aliphatic heterocycles. The largest absolute Gasteiger partial charge is 0.489 e. The number of para-hydroxylation sites is 2. The Kier molecular flexibility index (Phi) is 4.39. The van der Waals surface area contributed by atoms with Crippen LogP contribution in [-0.4, -0.2) is 38.9 Å². The number of pyridine rings is 1. The first-order valence-electron chi connectivity index (χ1n) is 9.92. The van der Waals surface area contributed by atoms with Crippen molar-refractivity contribution >= 4 is 16.9 Å². The number of rotatable bonds is 4. The fraction of sp³-hybridized carbons (Fsp3) is 0.261. The fourth-order valence-electron chi connectivity index (χ4n) is 4.02. The van der Waals surface area contributed by atoms with Gasteiger partial charge in [-0.05, 0) is 31.2 Å². The van der Waals surface area contributed by atoms with Crippen LogP contribution in [0.1, 0.15) is 12.1 Å². The zero-order chi connectivity index (χ0) is 19.8. The van der Waals surface area contributed by atoms with Gasteiger partial charge in [0.1, 0.15) is 11.9 Å². The van der Waals surface area contributed by atoms with E-state index in [4.69, 9.17) is 4.74 Å². The summed E-state index contributed by atoms with van der Waals surface area (Å²) in [5.74, 6) is 2.64. The Morgan fingerprint density at radius 3 is 2.66 bits per heavy atom. The normalized spacial score (nSPS) is 16.5. The van der Waals surface area contributed by atoms with Crippen molar-refractivity contribution in [1.82, 2.24) is 19.7 Å². The van der Waals surface area contributed by atoms with E-state index >= 15 is 0 Å². The molecule has 6 nitrogen and oxygen atoms in total. The van der Waals surface area contributed by atoms with Crippen molar-refractivity contribution in [2.75, 3.05) is 18.0 Å². The predicted molar refractivity (Wildman–Crippen MR) is 114 cm³/mol. The van der Waals surface area contributed by atoms with Gasteiger partial charge in [0, 0.05) is 36.7 Å². The van der Waals surface area contributed by atoms with Crippen molar-refractivity contribution in [3.63, 3.8) is 0 Å². The first kappa shape index (κ1) is 17.7. The molecular formula is C23H23N5O. The van der Waals surface area contributed by atoms with E-state index < -0.39 is 0 Å². The third-order valence-corrected chi connectivity index (χ3v) is 5.41. The lowest BCUT2D eigenvalue weighted by Gasteiger charge is -2.18. The molecule has 29 heavy (non-hydrogen) atoms. The van der Waals surface area contributed by atoms with E-state index in [0.29, 0.717) is 0 Å². The lowest BCUT2D eigenvalue weighted by Crippen LogP contribution is -2.26. The van der Waals surface area contributed by atoms with Crippen LogP contribution in [0.5, 0.6) is 5.75 Å². The van der Waals surface area contributed by atoms with Gasteiger partial charge < -0.3 is 9.64 Å². The van der Waals surface area contributed by atoms with E-state index in [1.807, 2.05) is 62.5 Å². The minimum Gasteiger partial charge on any atom is -0.489 e. The number of benzene rings is 2. The molecular weight excluding hydrogens is 362 g/mol. The summed E-state index contributed by atoms with van der Waals surface area (Å²) >= 11 is 0. The van der Waals surface area contributed by atoms with Crippen LogP contribution in [0.4, 0.5) is 5.95 Å². The lowest BCUT2D eigenvalue weighted by molar-refractivity contribution is 0.225. The Balaban J connectivity index is 1.42. The zero-order valence-electron chi connectivity index (χ0n) is 16.6. The van der Waals surface area contributed by atoms with E-state index in [1.165, 1.54) is 0 Å². The summed E-state index contributed by atoms with van der Waals surface area (Å²) in [6.45, 7) is 3.72. The summed E-state index contributed by atoms with van der Waals surface area (Å²) in [6, 6.07) is 20.3. The minimum absolute atomic E-state index is 0.154. The molecule has 0 unspecified atom stereocenters. The molecule has 2 aromatic carbocycles. The molecule has 146 valence electrons. The molecule has 6 heteroatoms. The number of fused-ring (bicyclic) bond motifs is 1. The highest BCUT2D eigenvalue weighted by Crippen LogP contribution is 2.30. The van der Waals surface area contributed by atoms with E-state index in [2.05, 4.69) is 36.8 Å². The first-order chi connectivity index (χ1) is 14.2. The molecule has 1 aliphatic rings. The summed E-state index contributed by atoms with van der Waals surface area (Å²) in [5.41, 5.74) is 3.01. The monoisotopic (exact) mass is 385 g/mol. The van der Waals surface area contributed by atoms with Gasteiger partial charge in [0.15, 0.2) is 5.82 Å². The Hall–Kier alpha value is -3.41. The standard InChI is InChI=1S/C23H23N5O/c1-16-14-20(19-10-6-7-11-21(19)24-16)22-25-26-23(27(22)2)28-13-12-18(15-28)29-17-8-4-3-5-9-17/h3-11,14,18H,12-13,15H2,1-2H3/t18-/m1/s1. The van der Waals surface area contributed by atoms with Crippen LogP contribution in [0.15, 0.2) is 60.7 Å². The van der Waals surface area contributed by atoms with E-state index in [1.54, 1.807) is 0 Å². The number of aryl methyl sites for hydroxylation is 1. The van der Waals surface area contributed by atoms with Crippen LogP contribution in [0.2, 0.25) is 0 Å². The summed E-state index contributed by atoms with van der Waals surface area (Å²) in [4.78, 5) is 6.89. The van der Waals surface area contributed by atoms with Crippen LogP contribution in [0.25, 0.3) is 22.3 Å². The van der Waals surface area contributed by atoms with Crippen LogP contribution < -0.4 is 9.64 Å². The molecule has 4 aromatic rings. The fourth-order valence-corrected chi connectivity index (χ4v) is 4.02.